The van der Waals surface area contributed by atoms with Crippen LogP contribution in [0, 0.1) is 10.1 Å². The summed E-state index contributed by atoms with van der Waals surface area (Å²) in [5.74, 6) is 0. The van der Waals surface area contributed by atoms with Gasteiger partial charge in [0, 0.05) is 12.6 Å². The van der Waals surface area contributed by atoms with Crippen LogP contribution in [0.15, 0.2) is 18.3 Å². The molecule has 8 heteroatoms. The summed E-state index contributed by atoms with van der Waals surface area (Å²) in [6, 6.07) is 3.13. The number of hydrogen-bond acceptors (Lipinski definition) is 6. The first-order valence-electron chi connectivity index (χ1n) is 4.55. The number of aromatic nitrogens is 3. The van der Waals surface area contributed by atoms with Crippen molar-refractivity contribution < 1.29 is 4.92 Å². The first-order valence-corrected chi connectivity index (χ1v) is 5.37. The average molecular weight is 239 g/mol. The summed E-state index contributed by atoms with van der Waals surface area (Å²) >= 11 is 1.08. The van der Waals surface area contributed by atoms with Gasteiger partial charge >= 0.3 is 5.00 Å². The van der Waals surface area contributed by atoms with Crippen molar-refractivity contribution in [1.82, 2.24) is 15.0 Å². The van der Waals surface area contributed by atoms with Crippen LogP contribution in [0.2, 0.25) is 0 Å². The van der Waals surface area contributed by atoms with Crippen LogP contribution in [-0.4, -0.2) is 26.5 Å². The van der Waals surface area contributed by atoms with Gasteiger partial charge in [-0.3, -0.25) is 14.8 Å². The molecule has 0 aromatic carbocycles. The number of rotatable bonds is 4. The van der Waals surface area contributed by atoms with Gasteiger partial charge in [-0.25, -0.2) is 0 Å². The van der Waals surface area contributed by atoms with E-state index >= 15 is 0 Å². The molecule has 0 amide bonds. The minimum atomic E-state index is -0.418. The van der Waals surface area contributed by atoms with Crippen LogP contribution in [0.5, 0.6) is 0 Å². The highest BCUT2D eigenvalue weighted by Gasteiger charge is 2.13. The smallest absolute Gasteiger partial charge is 0.324 e. The van der Waals surface area contributed by atoms with E-state index in [0.29, 0.717) is 18.8 Å². The second-order valence-electron chi connectivity index (χ2n) is 3.05. The van der Waals surface area contributed by atoms with Gasteiger partial charge in [-0.05, 0) is 6.07 Å². The number of hydrogen-bond donors (Lipinski definition) is 1. The van der Waals surface area contributed by atoms with E-state index in [4.69, 9.17) is 5.73 Å². The molecule has 16 heavy (non-hydrogen) atoms. The lowest BCUT2D eigenvalue weighted by molar-refractivity contribution is -0.380. The maximum Gasteiger partial charge on any atom is 0.324 e. The molecule has 2 heterocycles. The van der Waals surface area contributed by atoms with Crippen LogP contribution in [-0.2, 0) is 6.54 Å². The zero-order valence-corrected chi connectivity index (χ0v) is 9.05. The SMILES string of the molecule is NCCn1cc(-c2ccc([N+](=O)[O-])s2)nn1. The predicted octanol–water partition coefficient (Wildman–Crippen LogP) is 0.873. The van der Waals surface area contributed by atoms with Crippen molar-refractivity contribution in [1.29, 1.82) is 0 Å². The largest absolute Gasteiger partial charge is 0.329 e. The fourth-order valence-electron chi connectivity index (χ4n) is 1.22. The van der Waals surface area contributed by atoms with Crippen molar-refractivity contribution in [3.05, 3.63) is 28.4 Å². The Morgan fingerprint density at radius 1 is 1.56 bits per heavy atom. The van der Waals surface area contributed by atoms with E-state index in [9.17, 15) is 10.1 Å². The van der Waals surface area contributed by atoms with Crippen molar-refractivity contribution >= 4 is 16.3 Å². The molecule has 0 spiro atoms. The highest BCUT2D eigenvalue weighted by atomic mass is 32.1. The minimum absolute atomic E-state index is 0.100. The van der Waals surface area contributed by atoms with Crippen molar-refractivity contribution in [3.8, 4) is 10.6 Å². The molecule has 0 fully saturated rings. The fraction of sp³-hybridized carbons (Fsp3) is 0.250. The minimum Gasteiger partial charge on any atom is -0.329 e. The lowest BCUT2D eigenvalue weighted by Crippen LogP contribution is -2.10. The van der Waals surface area contributed by atoms with Gasteiger partial charge in [0.25, 0.3) is 0 Å². The van der Waals surface area contributed by atoms with E-state index in [2.05, 4.69) is 10.3 Å². The normalized spacial score (nSPS) is 10.6. The second kappa shape index (κ2) is 4.37. The predicted molar refractivity (Wildman–Crippen MR) is 59.0 cm³/mol. The molecule has 2 aromatic heterocycles. The van der Waals surface area contributed by atoms with E-state index in [1.807, 2.05) is 0 Å². The number of thiophene rings is 1. The summed E-state index contributed by atoms with van der Waals surface area (Å²) in [4.78, 5) is 10.8. The van der Waals surface area contributed by atoms with Gasteiger partial charge in [0.15, 0.2) is 0 Å². The fourth-order valence-corrected chi connectivity index (χ4v) is 1.99. The van der Waals surface area contributed by atoms with Gasteiger partial charge < -0.3 is 5.73 Å². The van der Waals surface area contributed by atoms with Gasteiger partial charge in [-0.2, -0.15) is 0 Å². The summed E-state index contributed by atoms with van der Waals surface area (Å²) in [6.45, 7) is 1.06. The molecule has 0 saturated heterocycles. The summed E-state index contributed by atoms with van der Waals surface area (Å²) in [5.41, 5.74) is 6.01. The molecule has 7 nitrogen and oxygen atoms in total. The third-order valence-corrected chi connectivity index (χ3v) is 2.98. The summed E-state index contributed by atoms with van der Waals surface area (Å²) in [5, 5.41) is 18.4. The molecular weight excluding hydrogens is 230 g/mol. The Bertz CT molecular complexity index is 506. The van der Waals surface area contributed by atoms with Crippen molar-refractivity contribution in [3.63, 3.8) is 0 Å². The molecule has 0 aliphatic carbocycles. The number of nitrogens with two attached hydrogens (primary N) is 1. The highest BCUT2D eigenvalue weighted by molar-refractivity contribution is 7.18. The van der Waals surface area contributed by atoms with Crippen molar-refractivity contribution in [2.24, 2.45) is 5.73 Å². The van der Waals surface area contributed by atoms with E-state index in [1.165, 1.54) is 6.07 Å². The van der Waals surface area contributed by atoms with Crippen LogP contribution in [0.4, 0.5) is 5.00 Å². The topological polar surface area (TPSA) is 99.9 Å². The van der Waals surface area contributed by atoms with Crippen LogP contribution >= 0.6 is 11.3 Å². The van der Waals surface area contributed by atoms with E-state index in [-0.39, 0.29) is 5.00 Å². The lowest BCUT2D eigenvalue weighted by Gasteiger charge is -1.92. The summed E-state index contributed by atoms with van der Waals surface area (Å²) in [6.07, 6.45) is 1.72. The van der Waals surface area contributed by atoms with Crippen molar-refractivity contribution in [2.75, 3.05) is 6.54 Å². The van der Waals surface area contributed by atoms with Gasteiger partial charge in [0.05, 0.1) is 22.5 Å². The molecule has 0 saturated carbocycles. The molecule has 84 valence electrons. The maximum absolute atomic E-state index is 10.5. The molecule has 0 unspecified atom stereocenters. The first kappa shape index (κ1) is 10.7. The molecule has 0 atom stereocenters. The van der Waals surface area contributed by atoms with Gasteiger partial charge in [-0.15, -0.1) is 5.10 Å². The Balaban J connectivity index is 2.24. The Kier molecular flexibility index (Phi) is 2.93. The highest BCUT2D eigenvalue weighted by Crippen LogP contribution is 2.30. The first-order chi connectivity index (χ1) is 7.70. The Labute approximate surface area is 94.6 Å². The molecule has 2 aromatic rings. The third kappa shape index (κ3) is 2.07. The zero-order chi connectivity index (χ0) is 11.5. The van der Waals surface area contributed by atoms with E-state index in [0.717, 1.165) is 16.2 Å². The molecule has 2 rings (SSSR count). The number of nitro groups is 1. The Morgan fingerprint density at radius 3 is 3.00 bits per heavy atom. The molecule has 0 bridgehead atoms. The molecule has 2 N–H and O–H groups in total. The molecule has 0 aliphatic rings. The third-order valence-electron chi connectivity index (χ3n) is 1.92. The van der Waals surface area contributed by atoms with Crippen LogP contribution < -0.4 is 5.73 Å². The Morgan fingerprint density at radius 2 is 2.38 bits per heavy atom. The Hall–Kier alpha value is -1.80. The van der Waals surface area contributed by atoms with E-state index < -0.39 is 4.92 Å². The zero-order valence-electron chi connectivity index (χ0n) is 8.24. The molecule has 0 aliphatic heterocycles. The van der Waals surface area contributed by atoms with Gasteiger partial charge in [-0.1, -0.05) is 16.6 Å². The second-order valence-corrected chi connectivity index (χ2v) is 4.11. The summed E-state index contributed by atoms with van der Waals surface area (Å²) in [7, 11) is 0. The van der Waals surface area contributed by atoms with Gasteiger partial charge in [0.2, 0.25) is 0 Å². The number of nitrogens with zero attached hydrogens (tertiary/aromatic N) is 4. The standard InChI is InChI=1S/C8H9N5O2S/c9-3-4-12-5-6(10-11-12)7-1-2-8(16-7)13(14)15/h1-2,5H,3-4,9H2. The lowest BCUT2D eigenvalue weighted by atomic mass is 10.4. The quantitative estimate of drug-likeness (QED) is 0.630. The maximum atomic E-state index is 10.5. The summed E-state index contributed by atoms with van der Waals surface area (Å²) < 4.78 is 1.61. The van der Waals surface area contributed by atoms with Crippen LogP contribution in [0.1, 0.15) is 0 Å². The average Bonchev–Trinajstić information content (AvgIpc) is 2.84. The van der Waals surface area contributed by atoms with Crippen molar-refractivity contribution in [2.45, 2.75) is 6.54 Å². The van der Waals surface area contributed by atoms with Crippen LogP contribution in [0.25, 0.3) is 10.6 Å². The van der Waals surface area contributed by atoms with Gasteiger partial charge in [0.1, 0.15) is 5.69 Å². The monoisotopic (exact) mass is 239 g/mol. The van der Waals surface area contributed by atoms with Crippen LogP contribution in [0.3, 0.4) is 0 Å². The van der Waals surface area contributed by atoms with E-state index in [1.54, 1.807) is 16.9 Å². The molecule has 0 radical (unpaired) electrons. The molecular formula is C8H9N5O2S.